The number of esters is 1. The second-order valence-corrected chi connectivity index (χ2v) is 5.55. The zero-order valence-electron chi connectivity index (χ0n) is 9.60. The number of thioether (sulfide) groups is 1. The Morgan fingerprint density at radius 2 is 2.35 bits per heavy atom. The number of hydrogen-bond acceptors (Lipinski definition) is 6. The predicted molar refractivity (Wildman–Crippen MR) is 69.5 cm³/mol. The summed E-state index contributed by atoms with van der Waals surface area (Å²) in [5.41, 5.74) is 0. The van der Waals surface area contributed by atoms with Crippen LogP contribution in [0.2, 0.25) is 0 Å². The molecule has 2 rings (SSSR count). The van der Waals surface area contributed by atoms with E-state index in [1.54, 1.807) is 18.3 Å². The summed E-state index contributed by atoms with van der Waals surface area (Å²) in [6, 6.07) is 2.05. The molecule has 2 heterocycles. The molecular weight excluding hydrogens is 256 g/mol. The van der Waals surface area contributed by atoms with E-state index in [-0.39, 0.29) is 11.7 Å². The van der Waals surface area contributed by atoms with Crippen molar-refractivity contribution in [3.05, 3.63) is 17.3 Å². The molecule has 0 unspecified atom stereocenters. The third-order valence-corrected chi connectivity index (χ3v) is 3.99. The zero-order chi connectivity index (χ0) is 12.3. The molecule has 0 saturated heterocycles. The lowest BCUT2D eigenvalue weighted by molar-refractivity contribution is -0.139. The van der Waals surface area contributed by atoms with Crippen LogP contribution in [-0.2, 0) is 9.53 Å². The number of carbonyl (C=O) groups excluding carboxylic acids is 1. The molecule has 0 N–H and O–H groups in total. The SMILES string of the molecule is CCOC(=O)CSc1ncnc2sc(C)cc12. The number of hydrogen-bond donors (Lipinski definition) is 0. The van der Waals surface area contributed by atoms with Gasteiger partial charge in [-0.05, 0) is 19.9 Å². The Labute approximate surface area is 107 Å². The van der Waals surface area contributed by atoms with E-state index in [1.807, 2.05) is 13.0 Å². The van der Waals surface area contributed by atoms with Crippen LogP contribution in [0.3, 0.4) is 0 Å². The van der Waals surface area contributed by atoms with Crippen LogP contribution in [0.25, 0.3) is 10.2 Å². The van der Waals surface area contributed by atoms with Gasteiger partial charge in [0.25, 0.3) is 0 Å². The van der Waals surface area contributed by atoms with Crippen LogP contribution < -0.4 is 0 Å². The van der Waals surface area contributed by atoms with E-state index < -0.39 is 0 Å². The lowest BCUT2D eigenvalue weighted by Crippen LogP contribution is -2.06. The Morgan fingerprint density at radius 1 is 1.53 bits per heavy atom. The van der Waals surface area contributed by atoms with Gasteiger partial charge in [0.1, 0.15) is 16.2 Å². The van der Waals surface area contributed by atoms with Gasteiger partial charge in [-0.3, -0.25) is 4.79 Å². The van der Waals surface area contributed by atoms with Crippen LogP contribution in [0.4, 0.5) is 0 Å². The molecule has 17 heavy (non-hydrogen) atoms. The van der Waals surface area contributed by atoms with Gasteiger partial charge in [0.15, 0.2) is 0 Å². The standard InChI is InChI=1S/C11H12N2O2S2/c1-3-15-9(14)5-16-10-8-4-7(2)17-11(8)13-6-12-10/h4,6H,3,5H2,1-2H3. The summed E-state index contributed by atoms with van der Waals surface area (Å²) in [6.45, 7) is 4.25. The summed E-state index contributed by atoms with van der Waals surface area (Å²) in [6.07, 6.45) is 1.53. The van der Waals surface area contributed by atoms with Crippen molar-refractivity contribution in [3.8, 4) is 0 Å². The number of ether oxygens (including phenoxy) is 1. The number of thiophene rings is 1. The Bertz CT molecular complexity index is 539. The topological polar surface area (TPSA) is 52.1 Å². The molecular formula is C11H12N2O2S2. The largest absolute Gasteiger partial charge is 0.465 e. The van der Waals surface area contributed by atoms with Crippen LogP contribution >= 0.6 is 23.1 Å². The highest BCUT2D eigenvalue weighted by atomic mass is 32.2. The summed E-state index contributed by atoms with van der Waals surface area (Å²) >= 11 is 3.02. The molecule has 0 bridgehead atoms. The van der Waals surface area contributed by atoms with E-state index in [1.165, 1.54) is 23.0 Å². The molecule has 0 fully saturated rings. The van der Waals surface area contributed by atoms with Crippen LogP contribution in [0, 0.1) is 6.92 Å². The van der Waals surface area contributed by atoms with Gasteiger partial charge < -0.3 is 4.74 Å². The molecule has 0 aliphatic rings. The maximum atomic E-state index is 11.3. The molecule has 0 amide bonds. The minimum absolute atomic E-state index is 0.212. The van der Waals surface area contributed by atoms with E-state index in [0.717, 1.165) is 15.2 Å². The summed E-state index contributed by atoms with van der Waals surface area (Å²) in [5, 5.41) is 1.86. The number of nitrogens with zero attached hydrogens (tertiary/aromatic N) is 2. The van der Waals surface area contributed by atoms with Gasteiger partial charge in [-0.2, -0.15) is 0 Å². The van der Waals surface area contributed by atoms with Crippen LogP contribution in [0.5, 0.6) is 0 Å². The molecule has 0 saturated carbocycles. The van der Waals surface area contributed by atoms with Crippen molar-refractivity contribution < 1.29 is 9.53 Å². The van der Waals surface area contributed by atoms with Gasteiger partial charge >= 0.3 is 5.97 Å². The van der Waals surface area contributed by atoms with Gasteiger partial charge in [-0.25, -0.2) is 9.97 Å². The average Bonchev–Trinajstić information content (AvgIpc) is 2.67. The van der Waals surface area contributed by atoms with Crippen molar-refractivity contribution in [2.75, 3.05) is 12.4 Å². The van der Waals surface area contributed by atoms with Crippen molar-refractivity contribution >= 4 is 39.3 Å². The first kappa shape index (κ1) is 12.3. The number of carbonyl (C=O) groups is 1. The quantitative estimate of drug-likeness (QED) is 0.485. The summed E-state index contributed by atoms with van der Waals surface area (Å²) in [4.78, 5) is 21.8. The molecule has 0 spiro atoms. The molecule has 90 valence electrons. The number of aromatic nitrogens is 2. The molecule has 0 radical (unpaired) electrons. The lowest BCUT2D eigenvalue weighted by atomic mass is 10.4. The second kappa shape index (κ2) is 5.46. The van der Waals surface area contributed by atoms with Crippen molar-refractivity contribution in [3.63, 3.8) is 0 Å². The van der Waals surface area contributed by atoms with Crippen LogP contribution in [0.15, 0.2) is 17.4 Å². The molecule has 4 nitrogen and oxygen atoms in total. The first-order chi connectivity index (χ1) is 8.20. The smallest absolute Gasteiger partial charge is 0.316 e. The van der Waals surface area contributed by atoms with Gasteiger partial charge in [-0.15, -0.1) is 11.3 Å². The molecule has 0 atom stereocenters. The second-order valence-electron chi connectivity index (χ2n) is 3.35. The minimum Gasteiger partial charge on any atom is -0.465 e. The van der Waals surface area contributed by atoms with E-state index in [9.17, 15) is 4.79 Å². The van der Waals surface area contributed by atoms with Gasteiger partial charge in [-0.1, -0.05) is 11.8 Å². The van der Waals surface area contributed by atoms with Crippen LogP contribution in [0.1, 0.15) is 11.8 Å². The van der Waals surface area contributed by atoms with Gasteiger partial charge in [0.2, 0.25) is 0 Å². The number of rotatable bonds is 4. The normalized spacial score (nSPS) is 10.7. The molecule has 6 heteroatoms. The van der Waals surface area contributed by atoms with Crippen molar-refractivity contribution in [1.82, 2.24) is 9.97 Å². The summed E-state index contributed by atoms with van der Waals surface area (Å²) < 4.78 is 4.88. The number of fused-ring (bicyclic) bond motifs is 1. The summed E-state index contributed by atoms with van der Waals surface area (Å²) in [5.74, 6) is 0.0747. The average molecular weight is 268 g/mol. The fourth-order valence-corrected chi connectivity index (χ4v) is 3.08. The Balaban J connectivity index is 2.15. The molecule has 2 aromatic rings. The maximum Gasteiger partial charge on any atom is 0.316 e. The van der Waals surface area contributed by atoms with Crippen molar-refractivity contribution in [1.29, 1.82) is 0 Å². The third-order valence-electron chi connectivity index (χ3n) is 2.05. The maximum absolute atomic E-state index is 11.3. The number of aryl methyl sites for hydroxylation is 1. The van der Waals surface area contributed by atoms with E-state index in [2.05, 4.69) is 9.97 Å². The predicted octanol–water partition coefficient (Wildman–Crippen LogP) is 2.65. The first-order valence-corrected chi connectivity index (χ1v) is 7.00. The molecule has 0 aliphatic heterocycles. The Morgan fingerprint density at radius 3 is 3.12 bits per heavy atom. The monoisotopic (exact) mass is 268 g/mol. The van der Waals surface area contributed by atoms with E-state index in [4.69, 9.17) is 4.74 Å². The molecule has 0 aliphatic carbocycles. The fourth-order valence-electron chi connectivity index (χ4n) is 1.40. The van der Waals surface area contributed by atoms with Crippen LogP contribution in [-0.4, -0.2) is 28.3 Å². The van der Waals surface area contributed by atoms with Gasteiger partial charge in [0, 0.05) is 10.3 Å². The Hall–Kier alpha value is -1.14. The van der Waals surface area contributed by atoms with E-state index in [0.29, 0.717) is 6.61 Å². The van der Waals surface area contributed by atoms with Crippen molar-refractivity contribution in [2.24, 2.45) is 0 Å². The molecule has 0 aromatic carbocycles. The van der Waals surface area contributed by atoms with Gasteiger partial charge in [0.05, 0.1) is 12.4 Å². The molecule has 2 aromatic heterocycles. The Kier molecular flexibility index (Phi) is 3.96. The van der Waals surface area contributed by atoms with E-state index >= 15 is 0 Å². The summed E-state index contributed by atoms with van der Waals surface area (Å²) in [7, 11) is 0. The third kappa shape index (κ3) is 2.95. The minimum atomic E-state index is -0.212. The highest BCUT2D eigenvalue weighted by Crippen LogP contribution is 2.30. The highest BCUT2D eigenvalue weighted by molar-refractivity contribution is 8.00. The highest BCUT2D eigenvalue weighted by Gasteiger charge is 2.10. The zero-order valence-corrected chi connectivity index (χ0v) is 11.2. The van der Waals surface area contributed by atoms with Crippen molar-refractivity contribution in [2.45, 2.75) is 18.9 Å². The fraction of sp³-hybridized carbons (Fsp3) is 0.364. The first-order valence-electron chi connectivity index (χ1n) is 5.20. The lowest BCUT2D eigenvalue weighted by Gasteiger charge is -2.01.